The number of hydrogen-bond donors (Lipinski definition) is 1. The SMILES string of the molecule is CC(C)C1CNCCC12CSCC(C)(C)C2. The Hall–Kier alpha value is 0.310. The van der Waals surface area contributed by atoms with E-state index in [9.17, 15) is 0 Å². The van der Waals surface area contributed by atoms with Crippen LogP contribution < -0.4 is 5.32 Å². The van der Waals surface area contributed by atoms with Gasteiger partial charge in [-0.25, -0.2) is 0 Å². The van der Waals surface area contributed by atoms with Crippen LogP contribution >= 0.6 is 11.8 Å². The van der Waals surface area contributed by atoms with E-state index in [0.717, 1.165) is 11.8 Å². The Morgan fingerprint density at radius 1 is 1.25 bits per heavy atom. The lowest BCUT2D eigenvalue weighted by Crippen LogP contribution is -2.52. The minimum Gasteiger partial charge on any atom is -0.316 e. The monoisotopic (exact) mass is 241 g/mol. The van der Waals surface area contributed by atoms with Crippen LogP contribution in [0.4, 0.5) is 0 Å². The van der Waals surface area contributed by atoms with Gasteiger partial charge in [-0.3, -0.25) is 0 Å². The maximum absolute atomic E-state index is 3.61. The third-order valence-corrected chi connectivity index (χ3v) is 6.23. The smallest absolute Gasteiger partial charge is 0.000669 e. The van der Waals surface area contributed by atoms with Gasteiger partial charge >= 0.3 is 0 Å². The van der Waals surface area contributed by atoms with Crippen molar-refractivity contribution >= 4 is 11.8 Å². The Kier molecular flexibility index (Phi) is 3.61. The van der Waals surface area contributed by atoms with E-state index in [0.29, 0.717) is 10.8 Å². The summed E-state index contributed by atoms with van der Waals surface area (Å²) in [5.41, 5.74) is 1.18. The molecule has 0 amide bonds. The molecule has 0 aromatic rings. The highest BCUT2D eigenvalue weighted by Gasteiger charge is 2.47. The largest absolute Gasteiger partial charge is 0.316 e. The maximum atomic E-state index is 3.61. The van der Waals surface area contributed by atoms with Crippen molar-refractivity contribution in [2.24, 2.45) is 22.7 Å². The predicted octanol–water partition coefficient (Wildman–Crippen LogP) is 3.40. The zero-order valence-corrected chi connectivity index (χ0v) is 12.1. The molecule has 0 saturated carbocycles. The van der Waals surface area contributed by atoms with Gasteiger partial charge in [0.1, 0.15) is 0 Å². The molecule has 1 N–H and O–H groups in total. The van der Waals surface area contributed by atoms with E-state index in [1.165, 1.54) is 37.4 Å². The van der Waals surface area contributed by atoms with E-state index >= 15 is 0 Å². The fourth-order valence-corrected chi connectivity index (χ4v) is 5.55. The Balaban J connectivity index is 2.19. The zero-order chi connectivity index (χ0) is 11.8. The second-order valence-corrected chi connectivity index (χ2v) is 7.99. The fraction of sp³-hybridized carbons (Fsp3) is 1.00. The summed E-state index contributed by atoms with van der Waals surface area (Å²) < 4.78 is 0. The van der Waals surface area contributed by atoms with Crippen molar-refractivity contribution < 1.29 is 0 Å². The second kappa shape index (κ2) is 4.53. The van der Waals surface area contributed by atoms with Crippen LogP contribution in [0, 0.1) is 22.7 Å². The van der Waals surface area contributed by atoms with Crippen LogP contribution in [0.3, 0.4) is 0 Å². The highest BCUT2D eigenvalue weighted by atomic mass is 32.2. The molecular weight excluding hydrogens is 214 g/mol. The van der Waals surface area contributed by atoms with E-state index in [1.807, 2.05) is 0 Å². The van der Waals surface area contributed by atoms with Crippen molar-refractivity contribution in [2.45, 2.75) is 40.5 Å². The summed E-state index contributed by atoms with van der Waals surface area (Å²) in [6.45, 7) is 12.2. The Labute approximate surface area is 105 Å². The van der Waals surface area contributed by atoms with E-state index in [2.05, 4.69) is 44.8 Å². The molecule has 2 heterocycles. The average molecular weight is 241 g/mol. The van der Waals surface area contributed by atoms with Gasteiger partial charge in [-0.1, -0.05) is 27.7 Å². The van der Waals surface area contributed by atoms with Gasteiger partial charge in [-0.05, 0) is 60.1 Å². The van der Waals surface area contributed by atoms with Crippen LogP contribution in [0.2, 0.25) is 0 Å². The van der Waals surface area contributed by atoms with E-state index in [1.54, 1.807) is 0 Å². The van der Waals surface area contributed by atoms with Gasteiger partial charge < -0.3 is 5.32 Å². The molecule has 1 nitrogen and oxygen atoms in total. The minimum atomic E-state index is 0.549. The standard InChI is InChI=1S/C14H27NS/c1-11(2)12-7-15-6-5-14(12)8-13(3,4)9-16-10-14/h11-12,15H,5-10H2,1-4H3. The molecule has 0 aliphatic carbocycles. The average Bonchev–Trinajstić information content (AvgIpc) is 2.15. The summed E-state index contributed by atoms with van der Waals surface area (Å²) in [5, 5.41) is 3.61. The first kappa shape index (κ1) is 12.8. The van der Waals surface area contributed by atoms with Gasteiger partial charge in [-0.2, -0.15) is 11.8 Å². The number of nitrogens with one attached hydrogen (secondary N) is 1. The predicted molar refractivity (Wildman–Crippen MR) is 74.0 cm³/mol. The molecule has 1 spiro atoms. The van der Waals surface area contributed by atoms with Gasteiger partial charge in [0.15, 0.2) is 0 Å². The lowest BCUT2D eigenvalue weighted by Gasteiger charge is -2.53. The van der Waals surface area contributed by atoms with Crippen molar-refractivity contribution in [3.63, 3.8) is 0 Å². The molecule has 2 saturated heterocycles. The zero-order valence-electron chi connectivity index (χ0n) is 11.3. The van der Waals surface area contributed by atoms with Crippen molar-refractivity contribution in [2.75, 3.05) is 24.6 Å². The summed E-state index contributed by atoms with van der Waals surface area (Å²) in [6, 6.07) is 0. The third kappa shape index (κ3) is 2.43. The first-order valence-corrected chi connectivity index (χ1v) is 7.89. The number of rotatable bonds is 1. The first-order valence-electron chi connectivity index (χ1n) is 6.74. The van der Waals surface area contributed by atoms with Crippen molar-refractivity contribution in [1.82, 2.24) is 5.32 Å². The van der Waals surface area contributed by atoms with Gasteiger partial charge in [0, 0.05) is 0 Å². The molecule has 2 fully saturated rings. The molecule has 0 bridgehead atoms. The summed E-state index contributed by atoms with van der Waals surface area (Å²) in [6.07, 6.45) is 2.84. The molecular formula is C14H27NS. The fourth-order valence-electron chi connectivity index (χ4n) is 3.92. The van der Waals surface area contributed by atoms with Crippen LogP contribution in [0.25, 0.3) is 0 Å². The molecule has 2 heteroatoms. The Bertz CT molecular complexity index is 245. The quantitative estimate of drug-likeness (QED) is 0.755. The van der Waals surface area contributed by atoms with Crippen LogP contribution in [-0.2, 0) is 0 Å². The first-order chi connectivity index (χ1) is 7.45. The summed E-state index contributed by atoms with van der Waals surface area (Å²) >= 11 is 2.20. The molecule has 0 radical (unpaired) electrons. The summed E-state index contributed by atoms with van der Waals surface area (Å²) in [5.74, 6) is 4.46. The molecule has 2 atom stereocenters. The van der Waals surface area contributed by atoms with Gasteiger partial charge in [-0.15, -0.1) is 0 Å². The molecule has 2 rings (SSSR count). The maximum Gasteiger partial charge on any atom is -0.000669 e. The molecule has 2 aliphatic heterocycles. The molecule has 16 heavy (non-hydrogen) atoms. The van der Waals surface area contributed by atoms with Crippen LogP contribution in [0.5, 0.6) is 0 Å². The minimum absolute atomic E-state index is 0.549. The van der Waals surface area contributed by atoms with Crippen LogP contribution in [0.1, 0.15) is 40.5 Å². The lowest BCUT2D eigenvalue weighted by molar-refractivity contribution is 0.0455. The van der Waals surface area contributed by atoms with Crippen molar-refractivity contribution in [3.8, 4) is 0 Å². The van der Waals surface area contributed by atoms with Gasteiger partial charge in [0.2, 0.25) is 0 Å². The summed E-state index contributed by atoms with van der Waals surface area (Å²) in [7, 11) is 0. The van der Waals surface area contributed by atoms with E-state index < -0.39 is 0 Å². The highest BCUT2D eigenvalue weighted by molar-refractivity contribution is 7.99. The number of thioether (sulfide) groups is 1. The normalized spacial score (nSPS) is 39.2. The molecule has 0 aromatic carbocycles. The lowest BCUT2D eigenvalue weighted by atomic mass is 9.61. The summed E-state index contributed by atoms with van der Waals surface area (Å²) in [4.78, 5) is 0. The van der Waals surface area contributed by atoms with Gasteiger partial charge in [0.05, 0.1) is 0 Å². The number of hydrogen-bond acceptors (Lipinski definition) is 2. The van der Waals surface area contributed by atoms with Crippen LogP contribution in [-0.4, -0.2) is 24.6 Å². The highest BCUT2D eigenvalue weighted by Crippen LogP contribution is 2.52. The van der Waals surface area contributed by atoms with Crippen LogP contribution in [0.15, 0.2) is 0 Å². The van der Waals surface area contributed by atoms with Gasteiger partial charge in [0.25, 0.3) is 0 Å². The topological polar surface area (TPSA) is 12.0 Å². The van der Waals surface area contributed by atoms with E-state index in [4.69, 9.17) is 0 Å². The van der Waals surface area contributed by atoms with E-state index in [-0.39, 0.29) is 0 Å². The van der Waals surface area contributed by atoms with Crippen molar-refractivity contribution in [3.05, 3.63) is 0 Å². The second-order valence-electron chi connectivity index (χ2n) is 7.00. The third-order valence-electron chi connectivity index (χ3n) is 4.47. The molecule has 2 unspecified atom stereocenters. The Morgan fingerprint density at radius 2 is 2.00 bits per heavy atom. The molecule has 2 aliphatic rings. The molecule has 94 valence electrons. The van der Waals surface area contributed by atoms with Crippen molar-refractivity contribution in [1.29, 1.82) is 0 Å². The Morgan fingerprint density at radius 3 is 2.62 bits per heavy atom. The number of piperidine rings is 1. The molecule has 0 aromatic heterocycles.